The van der Waals surface area contributed by atoms with Crippen LogP contribution in [0.1, 0.15) is 43.5 Å². The fourth-order valence-corrected chi connectivity index (χ4v) is 4.19. The van der Waals surface area contributed by atoms with Crippen LogP contribution in [0, 0.1) is 24.7 Å². The van der Waals surface area contributed by atoms with Gasteiger partial charge in [0.2, 0.25) is 0 Å². The van der Waals surface area contributed by atoms with Crippen molar-refractivity contribution in [2.75, 3.05) is 0 Å². The maximum atomic E-state index is 12.5. The molecule has 0 N–H and O–H groups in total. The highest BCUT2D eigenvalue weighted by Gasteiger charge is 2.41. The second-order valence-corrected chi connectivity index (χ2v) is 7.25. The lowest BCUT2D eigenvalue weighted by molar-refractivity contribution is -0.154. The Morgan fingerprint density at radius 1 is 1.12 bits per heavy atom. The lowest BCUT2D eigenvalue weighted by atomic mass is 9.67. The summed E-state index contributed by atoms with van der Waals surface area (Å²) in [5, 5.41) is 0. The van der Waals surface area contributed by atoms with Crippen LogP contribution in [0.15, 0.2) is 24.3 Å². The molecule has 2 aromatic rings. The van der Waals surface area contributed by atoms with Crippen LogP contribution in [0.3, 0.4) is 0 Å². The van der Waals surface area contributed by atoms with Crippen LogP contribution >= 0.6 is 0 Å². The van der Waals surface area contributed by atoms with Crippen molar-refractivity contribution in [1.82, 2.24) is 9.97 Å². The molecule has 130 valence electrons. The Morgan fingerprint density at radius 3 is 2.44 bits per heavy atom. The molecule has 1 aromatic heterocycles. The van der Waals surface area contributed by atoms with Crippen molar-refractivity contribution in [3.8, 4) is 0 Å². The van der Waals surface area contributed by atoms with Crippen LogP contribution < -0.4 is 0 Å². The van der Waals surface area contributed by atoms with Crippen LogP contribution in [0.2, 0.25) is 0 Å². The van der Waals surface area contributed by atoms with Crippen molar-refractivity contribution in [3.63, 3.8) is 0 Å². The molecule has 5 heteroatoms. The molecule has 0 aliphatic heterocycles. The number of fused-ring (bicyclic) bond motifs is 3. The highest BCUT2D eigenvalue weighted by atomic mass is 16.5. The minimum Gasteiger partial charge on any atom is -0.459 e. The van der Waals surface area contributed by atoms with E-state index in [1.54, 1.807) is 0 Å². The molecule has 4 rings (SSSR count). The summed E-state index contributed by atoms with van der Waals surface area (Å²) in [6, 6.07) is 7.67. The molecule has 1 aromatic carbocycles. The van der Waals surface area contributed by atoms with Gasteiger partial charge in [-0.05, 0) is 44.7 Å². The molecule has 0 saturated heterocycles. The quantitative estimate of drug-likeness (QED) is 0.803. The molecule has 2 fully saturated rings. The van der Waals surface area contributed by atoms with E-state index in [0.29, 0.717) is 24.3 Å². The van der Waals surface area contributed by atoms with E-state index in [-0.39, 0.29) is 30.3 Å². The summed E-state index contributed by atoms with van der Waals surface area (Å²) in [7, 11) is 0. The lowest BCUT2D eigenvalue weighted by Gasteiger charge is -2.36. The van der Waals surface area contributed by atoms with Crippen molar-refractivity contribution in [1.29, 1.82) is 0 Å². The third-order valence-corrected chi connectivity index (χ3v) is 5.58. The second-order valence-electron chi connectivity index (χ2n) is 7.25. The summed E-state index contributed by atoms with van der Waals surface area (Å²) in [4.78, 5) is 33.7. The SMILES string of the molecule is Cc1nc2ccccc2nc1COC(=O)C1C[C@H]2CCC[C@@H](C1)C2=O. The van der Waals surface area contributed by atoms with Gasteiger partial charge < -0.3 is 4.74 Å². The van der Waals surface area contributed by atoms with Crippen LogP contribution in [0.25, 0.3) is 11.0 Å². The molecule has 3 atom stereocenters. The van der Waals surface area contributed by atoms with Gasteiger partial charge >= 0.3 is 5.97 Å². The van der Waals surface area contributed by atoms with E-state index < -0.39 is 0 Å². The number of aromatic nitrogens is 2. The van der Waals surface area contributed by atoms with Crippen LogP contribution in [0.4, 0.5) is 0 Å². The van der Waals surface area contributed by atoms with E-state index in [1.165, 1.54) is 0 Å². The van der Waals surface area contributed by atoms with Crippen LogP contribution in [-0.2, 0) is 20.9 Å². The summed E-state index contributed by atoms with van der Waals surface area (Å²) in [6.07, 6.45) is 4.25. The van der Waals surface area contributed by atoms with Crippen molar-refractivity contribution in [2.24, 2.45) is 17.8 Å². The normalized spacial score (nSPS) is 25.8. The molecule has 1 heterocycles. The van der Waals surface area contributed by atoms with Crippen molar-refractivity contribution in [3.05, 3.63) is 35.7 Å². The number of rotatable bonds is 3. The number of esters is 1. The fourth-order valence-electron chi connectivity index (χ4n) is 4.19. The minimum absolute atomic E-state index is 0.0623. The van der Waals surface area contributed by atoms with E-state index in [9.17, 15) is 9.59 Å². The number of para-hydroxylation sites is 2. The lowest BCUT2D eigenvalue weighted by Crippen LogP contribution is -2.39. The van der Waals surface area contributed by atoms with Crippen molar-refractivity contribution < 1.29 is 14.3 Å². The van der Waals surface area contributed by atoms with Gasteiger partial charge in [-0.1, -0.05) is 18.6 Å². The highest BCUT2D eigenvalue weighted by Crippen LogP contribution is 2.40. The van der Waals surface area contributed by atoms with Gasteiger partial charge in [-0.3, -0.25) is 9.59 Å². The highest BCUT2D eigenvalue weighted by molar-refractivity contribution is 5.87. The molecular weight excluding hydrogens is 316 g/mol. The number of aryl methyl sites for hydroxylation is 1. The molecule has 0 spiro atoms. The predicted molar refractivity (Wildman–Crippen MR) is 92.6 cm³/mol. The Bertz CT molecular complexity index is 817. The summed E-state index contributed by atoms with van der Waals surface area (Å²) < 4.78 is 5.55. The topological polar surface area (TPSA) is 69.2 Å². The zero-order valence-electron chi connectivity index (χ0n) is 14.4. The monoisotopic (exact) mass is 338 g/mol. The smallest absolute Gasteiger partial charge is 0.309 e. The number of benzene rings is 1. The molecule has 2 bridgehead atoms. The van der Waals surface area contributed by atoms with Gasteiger partial charge in [0.1, 0.15) is 12.4 Å². The number of nitrogens with zero attached hydrogens (tertiary/aromatic N) is 2. The molecule has 2 aliphatic rings. The molecule has 5 nitrogen and oxygen atoms in total. The third kappa shape index (κ3) is 3.15. The van der Waals surface area contributed by atoms with Gasteiger partial charge in [-0.15, -0.1) is 0 Å². The first-order valence-electron chi connectivity index (χ1n) is 9.04. The Kier molecular flexibility index (Phi) is 4.24. The summed E-state index contributed by atoms with van der Waals surface area (Å²) >= 11 is 0. The van der Waals surface area contributed by atoms with E-state index >= 15 is 0 Å². The van der Waals surface area contributed by atoms with E-state index in [0.717, 1.165) is 36.0 Å². The van der Waals surface area contributed by atoms with Gasteiger partial charge in [0.05, 0.1) is 28.3 Å². The molecular formula is C20H22N2O3. The fraction of sp³-hybridized carbons (Fsp3) is 0.500. The van der Waals surface area contributed by atoms with E-state index in [1.807, 2.05) is 31.2 Å². The van der Waals surface area contributed by atoms with Gasteiger partial charge in [0.25, 0.3) is 0 Å². The number of carbonyl (C=O) groups excluding carboxylic acids is 2. The molecule has 2 aliphatic carbocycles. The third-order valence-electron chi connectivity index (χ3n) is 5.58. The summed E-state index contributed by atoms with van der Waals surface area (Å²) in [6.45, 7) is 2.02. The number of ether oxygens (including phenoxy) is 1. The Labute approximate surface area is 146 Å². The maximum absolute atomic E-state index is 12.5. The van der Waals surface area contributed by atoms with E-state index in [2.05, 4.69) is 9.97 Å². The zero-order valence-corrected chi connectivity index (χ0v) is 14.4. The number of Topliss-reactive ketones (excluding diaryl/α,β-unsaturated/α-hetero) is 1. The van der Waals surface area contributed by atoms with Crippen molar-refractivity contribution >= 4 is 22.8 Å². The molecule has 0 amide bonds. The molecule has 0 radical (unpaired) electrons. The van der Waals surface area contributed by atoms with Gasteiger partial charge in [0, 0.05) is 11.8 Å². The first kappa shape index (κ1) is 16.2. The molecule has 1 unspecified atom stereocenters. The van der Waals surface area contributed by atoms with Crippen LogP contribution in [-0.4, -0.2) is 21.7 Å². The first-order chi connectivity index (χ1) is 12.1. The minimum atomic E-state index is -0.196. The van der Waals surface area contributed by atoms with Gasteiger partial charge in [-0.2, -0.15) is 0 Å². The first-order valence-corrected chi connectivity index (χ1v) is 9.04. The van der Waals surface area contributed by atoms with Crippen molar-refractivity contribution in [2.45, 2.75) is 45.6 Å². The molecule has 25 heavy (non-hydrogen) atoms. The van der Waals surface area contributed by atoms with Gasteiger partial charge in [0.15, 0.2) is 0 Å². The average molecular weight is 338 g/mol. The van der Waals surface area contributed by atoms with Crippen LogP contribution in [0.5, 0.6) is 0 Å². The number of hydrogen-bond donors (Lipinski definition) is 0. The average Bonchev–Trinajstić information content (AvgIpc) is 2.59. The standard InChI is InChI=1S/C20H22N2O3/c1-12-18(22-17-8-3-2-7-16(17)21-12)11-25-20(24)15-9-13-5-4-6-14(10-15)19(13)23/h2-3,7-8,13-15H,4-6,9-11H2,1H3/t13-,14+,15?. The second kappa shape index (κ2) is 6.54. The van der Waals surface area contributed by atoms with Gasteiger partial charge in [-0.25, -0.2) is 9.97 Å². The Hall–Kier alpha value is -2.30. The Balaban J connectivity index is 1.44. The summed E-state index contributed by atoms with van der Waals surface area (Å²) in [5.74, 6) is 0.145. The maximum Gasteiger partial charge on any atom is 0.309 e. The molecule has 2 saturated carbocycles. The number of hydrogen-bond acceptors (Lipinski definition) is 5. The zero-order chi connectivity index (χ0) is 17.4. The van der Waals surface area contributed by atoms with E-state index in [4.69, 9.17) is 4.74 Å². The number of carbonyl (C=O) groups is 2. The predicted octanol–water partition coefficient (Wildman–Crippen LogP) is 3.38. The largest absolute Gasteiger partial charge is 0.459 e. The summed E-state index contributed by atoms with van der Waals surface area (Å²) in [5.41, 5.74) is 3.12. The Morgan fingerprint density at radius 2 is 1.76 bits per heavy atom. The number of ketones is 1.